The molecular formula is C12H15NO4S. The summed E-state index contributed by atoms with van der Waals surface area (Å²) in [5, 5.41) is 2.63. The fraction of sp³-hybridized carbons (Fsp3) is 0.417. The zero-order valence-electron chi connectivity index (χ0n) is 10.3. The summed E-state index contributed by atoms with van der Waals surface area (Å²) in [6.45, 7) is 2.98. The second-order valence-electron chi connectivity index (χ2n) is 3.70. The molecule has 0 aromatic carbocycles. The average molecular weight is 269 g/mol. The second-order valence-corrected chi connectivity index (χ2v) is 4.87. The molecule has 1 heterocycles. The number of nitrogens with one attached hydrogen (secondary N) is 1. The minimum atomic E-state index is -0.477. The third-order valence-corrected chi connectivity index (χ3v) is 3.35. The SMILES string of the molecule is CC(=O)OCC(=O)NCCc1ccc(C(C)=O)s1. The van der Waals surface area contributed by atoms with Crippen molar-refractivity contribution in [1.82, 2.24) is 5.32 Å². The Bertz CT molecular complexity index is 453. The van der Waals surface area contributed by atoms with Crippen LogP contribution in [-0.4, -0.2) is 30.8 Å². The van der Waals surface area contributed by atoms with E-state index in [0.717, 1.165) is 9.75 Å². The molecule has 0 unspecified atom stereocenters. The van der Waals surface area contributed by atoms with E-state index >= 15 is 0 Å². The molecule has 1 rings (SSSR count). The summed E-state index contributed by atoms with van der Waals surface area (Å²) in [6, 6.07) is 3.66. The van der Waals surface area contributed by atoms with Crippen molar-refractivity contribution in [2.75, 3.05) is 13.2 Å². The van der Waals surface area contributed by atoms with Gasteiger partial charge in [-0.15, -0.1) is 11.3 Å². The summed E-state index contributed by atoms with van der Waals surface area (Å²) in [5.41, 5.74) is 0. The zero-order chi connectivity index (χ0) is 13.5. The highest BCUT2D eigenvalue weighted by Gasteiger charge is 2.06. The van der Waals surface area contributed by atoms with Crippen LogP contribution in [0.4, 0.5) is 0 Å². The smallest absolute Gasteiger partial charge is 0.303 e. The fourth-order valence-corrected chi connectivity index (χ4v) is 2.15. The van der Waals surface area contributed by atoms with Crippen molar-refractivity contribution in [3.8, 4) is 0 Å². The maximum Gasteiger partial charge on any atom is 0.303 e. The van der Waals surface area contributed by atoms with Gasteiger partial charge in [-0.3, -0.25) is 14.4 Å². The van der Waals surface area contributed by atoms with E-state index < -0.39 is 5.97 Å². The molecule has 0 aliphatic rings. The van der Waals surface area contributed by atoms with Gasteiger partial charge in [-0.1, -0.05) is 0 Å². The van der Waals surface area contributed by atoms with Crippen LogP contribution in [0.1, 0.15) is 28.4 Å². The molecule has 0 saturated heterocycles. The van der Waals surface area contributed by atoms with Crippen molar-refractivity contribution in [3.05, 3.63) is 21.9 Å². The third kappa shape index (κ3) is 5.09. The van der Waals surface area contributed by atoms with Crippen molar-refractivity contribution in [2.45, 2.75) is 20.3 Å². The van der Waals surface area contributed by atoms with Crippen LogP contribution in [0.15, 0.2) is 12.1 Å². The molecule has 0 radical (unpaired) electrons. The Balaban J connectivity index is 2.26. The lowest BCUT2D eigenvalue weighted by molar-refractivity contribution is -0.146. The van der Waals surface area contributed by atoms with E-state index in [2.05, 4.69) is 10.1 Å². The van der Waals surface area contributed by atoms with Crippen LogP contribution in [0, 0.1) is 0 Å². The zero-order valence-corrected chi connectivity index (χ0v) is 11.1. The number of esters is 1. The van der Waals surface area contributed by atoms with Gasteiger partial charge in [0.15, 0.2) is 12.4 Å². The minimum absolute atomic E-state index is 0.0464. The first-order chi connectivity index (χ1) is 8.49. The van der Waals surface area contributed by atoms with Gasteiger partial charge in [0, 0.05) is 18.3 Å². The molecule has 98 valence electrons. The molecule has 6 heteroatoms. The van der Waals surface area contributed by atoms with E-state index in [9.17, 15) is 14.4 Å². The maximum absolute atomic E-state index is 11.2. The predicted octanol–water partition coefficient (Wildman–Crippen LogP) is 1.17. The molecule has 0 saturated carbocycles. The Hall–Kier alpha value is -1.69. The first-order valence-electron chi connectivity index (χ1n) is 5.48. The molecule has 1 amide bonds. The molecule has 0 atom stereocenters. The summed E-state index contributed by atoms with van der Waals surface area (Å²) >= 11 is 1.42. The van der Waals surface area contributed by atoms with Crippen LogP contribution >= 0.6 is 11.3 Å². The number of carbonyl (C=O) groups is 3. The normalized spacial score (nSPS) is 9.89. The largest absolute Gasteiger partial charge is 0.456 e. The maximum atomic E-state index is 11.2. The molecule has 0 aliphatic carbocycles. The molecule has 5 nitrogen and oxygen atoms in total. The highest BCUT2D eigenvalue weighted by atomic mass is 32.1. The Morgan fingerprint density at radius 3 is 2.56 bits per heavy atom. The Labute approximate surface area is 109 Å². The standard InChI is InChI=1S/C12H15NO4S/c1-8(14)11-4-3-10(18-11)5-6-13-12(16)7-17-9(2)15/h3-4H,5-7H2,1-2H3,(H,13,16). The van der Waals surface area contributed by atoms with Gasteiger partial charge in [0.25, 0.3) is 5.91 Å². The molecule has 0 spiro atoms. The van der Waals surface area contributed by atoms with E-state index in [0.29, 0.717) is 13.0 Å². The number of ketones is 1. The molecule has 1 N–H and O–H groups in total. The lowest BCUT2D eigenvalue weighted by Crippen LogP contribution is -2.29. The number of hydrogen-bond donors (Lipinski definition) is 1. The van der Waals surface area contributed by atoms with Gasteiger partial charge in [-0.25, -0.2) is 0 Å². The summed E-state index contributed by atoms with van der Waals surface area (Å²) in [5.74, 6) is -0.756. The Morgan fingerprint density at radius 2 is 2.00 bits per heavy atom. The monoisotopic (exact) mass is 269 g/mol. The summed E-state index contributed by atoms with van der Waals surface area (Å²) in [4.78, 5) is 34.5. The van der Waals surface area contributed by atoms with E-state index in [-0.39, 0.29) is 18.3 Å². The van der Waals surface area contributed by atoms with Crippen LogP contribution < -0.4 is 5.32 Å². The number of Topliss-reactive ketones (excluding diaryl/α,β-unsaturated/α-hetero) is 1. The topological polar surface area (TPSA) is 72.5 Å². The number of thiophene rings is 1. The van der Waals surface area contributed by atoms with Crippen molar-refractivity contribution in [2.24, 2.45) is 0 Å². The van der Waals surface area contributed by atoms with Crippen molar-refractivity contribution < 1.29 is 19.1 Å². The highest BCUT2D eigenvalue weighted by molar-refractivity contribution is 7.14. The minimum Gasteiger partial charge on any atom is -0.456 e. The van der Waals surface area contributed by atoms with Gasteiger partial charge in [0.2, 0.25) is 0 Å². The first-order valence-corrected chi connectivity index (χ1v) is 6.30. The van der Waals surface area contributed by atoms with Crippen LogP contribution in [0.3, 0.4) is 0 Å². The molecular weight excluding hydrogens is 254 g/mol. The van der Waals surface area contributed by atoms with Crippen LogP contribution in [0.2, 0.25) is 0 Å². The molecule has 0 bridgehead atoms. The lowest BCUT2D eigenvalue weighted by atomic mass is 10.3. The third-order valence-electron chi connectivity index (χ3n) is 2.11. The summed E-state index contributed by atoms with van der Waals surface area (Å²) in [7, 11) is 0. The van der Waals surface area contributed by atoms with Gasteiger partial charge in [0.05, 0.1) is 4.88 Å². The van der Waals surface area contributed by atoms with Crippen LogP contribution in [-0.2, 0) is 20.7 Å². The van der Waals surface area contributed by atoms with Crippen LogP contribution in [0.5, 0.6) is 0 Å². The Kier molecular flexibility index (Phi) is 5.51. The number of amides is 1. The first kappa shape index (κ1) is 14.4. The molecule has 18 heavy (non-hydrogen) atoms. The fourth-order valence-electron chi connectivity index (χ4n) is 1.24. The van der Waals surface area contributed by atoms with Gasteiger partial charge in [0.1, 0.15) is 0 Å². The number of carbonyl (C=O) groups excluding carboxylic acids is 3. The second kappa shape index (κ2) is 6.90. The van der Waals surface area contributed by atoms with Crippen molar-refractivity contribution >= 4 is 29.0 Å². The van der Waals surface area contributed by atoms with Crippen molar-refractivity contribution in [1.29, 1.82) is 0 Å². The number of rotatable bonds is 6. The summed E-state index contributed by atoms with van der Waals surface area (Å²) < 4.78 is 4.55. The summed E-state index contributed by atoms with van der Waals surface area (Å²) in [6.07, 6.45) is 0.657. The average Bonchev–Trinajstić information content (AvgIpc) is 2.75. The van der Waals surface area contributed by atoms with E-state index in [1.54, 1.807) is 6.07 Å². The predicted molar refractivity (Wildman–Crippen MR) is 67.7 cm³/mol. The molecule has 0 aliphatic heterocycles. The Morgan fingerprint density at radius 1 is 1.28 bits per heavy atom. The number of ether oxygens (including phenoxy) is 1. The van der Waals surface area contributed by atoms with E-state index in [1.807, 2.05) is 6.07 Å². The molecule has 1 aromatic rings. The highest BCUT2D eigenvalue weighted by Crippen LogP contribution is 2.16. The lowest BCUT2D eigenvalue weighted by Gasteiger charge is -2.03. The molecule has 0 fully saturated rings. The van der Waals surface area contributed by atoms with Gasteiger partial charge >= 0.3 is 5.97 Å². The van der Waals surface area contributed by atoms with Gasteiger partial charge < -0.3 is 10.1 Å². The van der Waals surface area contributed by atoms with Gasteiger partial charge in [-0.05, 0) is 25.5 Å². The van der Waals surface area contributed by atoms with Crippen LogP contribution in [0.25, 0.3) is 0 Å². The van der Waals surface area contributed by atoms with Crippen molar-refractivity contribution in [3.63, 3.8) is 0 Å². The molecule has 1 aromatic heterocycles. The van der Waals surface area contributed by atoms with E-state index in [4.69, 9.17) is 0 Å². The van der Waals surface area contributed by atoms with Gasteiger partial charge in [-0.2, -0.15) is 0 Å². The van der Waals surface area contributed by atoms with E-state index in [1.165, 1.54) is 25.2 Å². The number of hydrogen-bond acceptors (Lipinski definition) is 5. The quantitative estimate of drug-likeness (QED) is 0.621.